The van der Waals surface area contributed by atoms with Crippen LogP contribution in [0.15, 0.2) is 38.7 Å². The van der Waals surface area contributed by atoms with Crippen molar-refractivity contribution in [1.82, 2.24) is 20.8 Å². The molecule has 2 rings (SSSR count). The minimum absolute atomic E-state index is 0.199. The SMILES string of the molecule is CN=C(NCCCSc1ccc(F)cc1)NCCCc1nc(C(C)C)no1. The van der Waals surface area contributed by atoms with Gasteiger partial charge in [0.1, 0.15) is 5.82 Å². The summed E-state index contributed by atoms with van der Waals surface area (Å²) in [5, 5.41) is 10.5. The molecule has 0 aliphatic carbocycles. The number of hydrogen-bond donors (Lipinski definition) is 2. The molecule has 0 amide bonds. The van der Waals surface area contributed by atoms with Gasteiger partial charge in [0.15, 0.2) is 11.8 Å². The predicted molar refractivity (Wildman–Crippen MR) is 108 cm³/mol. The molecule has 1 aromatic heterocycles. The van der Waals surface area contributed by atoms with E-state index in [0.717, 1.165) is 54.8 Å². The number of guanidine groups is 1. The van der Waals surface area contributed by atoms with Gasteiger partial charge in [0, 0.05) is 37.4 Å². The highest BCUT2D eigenvalue weighted by Crippen LogP contribution is 2.18. The number of aromatic nitrogens is 2. The monoisotopic (exact) mass is 393 g/mol. The number of nitrogens with zero attached hydrogens (tertiary/aromatic N) is 3. The minimum Gasteiger partial charge on any atom is -0.356 e. The fourth-order valence-electron chi connectivity index (χ4n) is 2.27. The van der Waals surface area contributed by atoms with Gasteiger partial charge in [-0.2, -0.15) is 4.98 Å². The number of benzene rings is 1. The van der Waals surface area contributed by atoms with Crippen LogP contribution in [0.2, 0.25) is 0 Å². The Balaban J connectivity index is 1.55. The standard InChI is InChI=1S/C19H28FN5OS/c1-14(2)18-24-17(26-25-18)6-4-11-22-19(21-3)23-12-5-13-27-16-9-7-15(20)8-10-16/h7-10,14H,4-6,11-13H2,1-3H3,(H2,21,22,23). The van der Waals surface area contributed by atoms with Gasteiger partial charge in [-0.25, -0.2) is 4.39 Å². The molecule has 2 N–H and O–H groups in total. The smallest absolute Gasteiger partial charge is 0.226 e. The van der Waals surface area contributed by atoms with Crippen LogP contribution in [0.1, 0.15) is 44.3 Å². The lowest BCUT2D eigenvalue weighted by molar-refractivity contribution is 0.368. The second kappa shape index (κ2) is 11.6. The van der Waals surface area contributed by atoms with Crippen LogP contribution in [0.4, 0.5) is 4.39 Å². The van der Waals surface area contributed by atoms with Crippen LogP contribution in [-0.4, -0.2) is 42.0 Å². The number of nitrogens with one attached hydrogen (secondary N) is 2. The van der Waals surface area contributed by atoms with Crippen molar-refractivity contribution in [3.05, 3.63) is 41.8 Å². The summed E-state index contributed by atoms with van der Waals surface area (Å²) >= 11 is 1.72. The third kappa shape index (κ3) is 7.99. The molecule has 0 spiro atoms. The fourth-order valence-corrected chi connectivity index (χ4v) is 3.12. The van der Waals surface area contributed by atoms with E-state index in [9.17, 15) is 4.39 Å². The van der Waals surface area contributed by atoms with Crippen LogP contribution < -0.4 is 10.6 Å². The molecule has 1 aromatic carbocycles. The highest BCUT2D eigenvalue weighted by Gasteiger charge is 2.09. The Kier molecular flexibility index (Phi) is 9.10. The number of thioether (sulfide) groups is 1. The highest BCUT2D eigenvalue weighted by atomic mass is 32.2. The third-order valence-electron chi connectivity index (χ3n) is 3.78. The molecule has 0 saturated carbocycles. The van der Waals surface area contributed by atoms with Gasteiger partial charge < -0.3 is 15.2 Å². The number of halogens is 1. The second-order valence-corrected chi connectivity index (χ2v) is 7.55. The first-order valence-corrected chi connectivity index (χ1v) is 10.2. The third-order valence-corrected chi connectivity index (χ3v) is 4.88. The summed E-state index contributed by atoms with van der Waals surface area (Å²) in [6.45, 7) is 5.70. The highest BCUT2D eigenvalue weighted by molar-refractivity contribution is 7.99. The molecule has 6 nitrogen and oxygen atoms in total. The van der Waals surface area contributed by atoms with E-state index in [-0.39, 0.29) is 11.7 Å². The van der Waals surface area contributed by atoms with Crippen LogP contribution in [0.25, 0.3) is 0 Å². The van der Waals surface area contributed by atoms with Gasteiger partial charge in [-0.1, -0.05) is 19.0 Å². The summed E-state index contributed by atoms with van der Waals surface area (Å²) in [5.74, 6) is 3.27. The first kappa shape index (κ1) is 21.2. The second-order valence-electron chi connectivity index (χ2n) is 6.39. The quantitative estimate of drug-likeness (QED) is 0.278. The van der Waals surface area contributed by atoms with Gasteiger partial charge in [-0.05, 0) is 42.9 Å². The summed E-state index contributed by atoms with van der Waals surface area (Å²) in [6.07, 6.45) is 2.63. The van der Waals surface area contributed by atoms with E-state index in [0.29, 0.717) is 5.89 Å². The maximum atomic E-state index is 12.9. The van der Waals surface area contributed by atoms with Crippen molar-refractivity contribution in [2.45, 2.75) is 43.9 Å². The lowest BCUT2D eigenvalue weighted by atomic mass is 10.2. The summed E-state index contributed by atoms with van der Waals surface area (Å²) in [7, 11) is 1.76. The zero-order valence-corrected chi connectivity index (χ0v) is 17.0. The average Bonchev–Trinajstić information content (AvgIpc) is 3.14. The van der Waals surface area contributed by atoms with E-state index in [2.05, 4.69) is 25.8 Å². The van der Waals surface area contributed by atoms with Gasteiger partial charge in [0.05, 0.1) is 0 Å². The Labute approximate surface area is 164 Å². The maximum absolute atomic E-state index is 12.9. The number of rotatable bonds is 10. The van der Waals surface area contributed by atoms with Crippen LogP contribution >= 0.6 is 11.8 Å². The van der Waals surface area contributed by atoms with Gasteiger partial charge >= 0.3 is 0 Å². The van der Waals surface area contributed by atoms with E-state index in [4.69, 9.17) is 4.52 Å². The molecule has 27 heavy (non-hydrogen) atoms. The zero-order valence-electron chi connectivity index (χ0n) is 16.2. The minimum atomic E-state index is -0.199. The lowest BCUT2D eigenvalue weighted by Crippen LogP contribution is -2.38. The van der Waals surface area contributed by atoms with Crippen molar-refractivity contribution in [1.29, 1.82) is 0 Å². The molecular weight excluding hydrogens is 365 g/mol. The normalized spacial score (nSPS) is 11.8. The van der Waals surface area contributed by atoms with E-state index in [1.807, 2.05) is 13.8 Å². The molecule has 0 saturated heterocycles. The average molecular weight is 394 g/mol. The largest absolute Gasteiger partial charge is 0.356 e. The Morgan fingerprint density at radius 3 is 2.52 bits per heavy atom. The molecule has 0 unspecified atom stereocenters. The molecule has 0 aliphatic heterocycles. The van der Waals surface area contributed by atoms with E-state index in [1.54, 1.807) is 30.9 Å². The molecule has 0 bridgehead atoms. The fraction of sp³-hybridized carbons (Fsp3) is 0.526. The summed E-state index contributed by atoms with van der Waals surface area (Å²) in [4.78, 5) is 9.68. The topological polar surface area (TPSA) is 75.3 Å². The van der Waals surface area contributed by atoms with Crippen molar-refractivity contribution in [2.75, 3.05) is 25.9 Å². The van der Waals surface area contributed by atoms with Crippen molar-refractivity contribution in [3.63, 3.8) is 0 Å². The Morgan fingerprint density at radius 2 is 1.89 bits per heavy atom. The van der Waals surface area contributed by atoms with Crippen molar-refractivity contribution < 1.29 is 8.91 Å². The van der Waals surface area contributed by atoms with Crippen molar-refractivity contribution in [3.8, 4) is 0 Å². The van der Waals surface area contributed by atoms with E-state index in [1.165, 1.54) is 12.1 Å². The van der Waals surface area contributed by atoms with Crippen molar-refractivity contribution >= 4 is 17.7 Å². The first-order chi connectivity index (χ1) is 13.1. The van der Waals surface area contributed by atoms with Gasteiger partial charge in [0.25, 0.3) is 0 Å². The summed E-state index contributed by atoms with van der Waals surface area (Å²) in [6, 6.07) is 6.59. The van der Waals surface area contributed by atoms with Crippen LogP contribution in [-0.2, 0) is 6.42 Å². The maximum Gasteiger partial charge on any atom is 0.226 e. The van der Waals surface area contributed by atoms with E-state index >= 15 is 0 Å². The first-order valence-electron chi connectivity index (χ1n) is 9.24. The van der Waals surface area contributed by atoms with Crippen LogP contribution in [0.3, 0.4) is 0 Å². The van der Waals surface area contributed by atoms with E-state index < -0.39 is 0 Å². The van der Waals surface area contributed by atoms with Crippen LogP contribution in [0.5, 0.6) is 0 Å². The number of aliphatic imine (C=N–C) groups is 1. The van der Waals surface area contributed by atoms with Gasteiger partial charge in [-0.15, -0.1) is 11.8 Å². The molecule has 0 radical (unpaired) electrons. The Bertz CT molecular complexity index is 702. The predicted octanol–water partition coefficient (Wildman–Crippen LogP) is 3.61. The molecule has 0 fully saturated rings. The Morgan fingerprint density at radius 1 is 1.19 bits per heavy atom. The molecule has 148 valence electrons. The van der Waals surface area contributed by atoms with Gasteiger partial charge in [-0.3, -0.25) is 4.99 Å². The molecule has 8 heteroatoms. The summed E-state index contributed by atoms with van der Waals surface area (Å²) < 4.78 is 18.1. The molecular formula is C19H28FN5OS. The number of aryl methyl sites for hydroxylation is 1. The number of hydrogen-bond acceptors (Lipinski definition) is 5. The lowest BCUT2D eigenvalue weighted by Gasteiger charge is -2.11. The van der Waals surface area contributed by atoms with Gasteiger partial charge in [0.2, 0.25) is 5.89 Å². The molecule has 2 aromatic rings. The molecule has 0 aliphatic rings. The molecule has 0 atom stereocenters. The Hall–Kier alpha value is -2.09. The summed E-state index contributed by atoms with van der Waals surface area (Å²) in [5.41, 5.74) is 0. The zero-order chi connectivity index (χ0) is 19.5. The van der Waals surface area contributed by atoms with Crippen LogP contribution in [0, 0.1) is 5.82 Å². The molecule has 1 heterocycles. The van der Waals surface area contributed by atoms with Crippen molar-refractivity contribution in [2.24, 2.45) is 4.99 Å².